The van der Waals surface area contributed by atoms with Crippen LogP contribution in [0.4, 0.5) is 4.39 Å². The van der Waals surface area contributed by atoms with Crippen molar-refractivity contribution in [1.29, 1.82) is 0 Å². The largest absolute Gasteiger partial charge is 0.450 e. The Balaban J connectivity index is 1.84. The molecule has 1 N–H and O–H groups in total. The third kappa shape index (κ3) is 3.29. The summed E-state index contributed by atoms with van der Waals surface area (Å²) in [5, 5.41) is 11.5. The topological polar surface area (TPSA) is 97.7 Å². The maximum Gasteiger partial charge on any atom is 0.306 e. The van der Waals surface area contributed by atoms with Crippen LogP contribution < -0.4 is 0 Å². The molecule has 6 nitrogen and oxygen atoms in total. The Hall–Kier alpha value is -2.15. The van der Waals surface area contributed by atoms with Gasteiger partial charge >= 0.3 is 5.97 Å². The first-order valence-corrected chi connectivity index (χ1v) is 12.9. The Labute approximate surface area is 206 Å². The summed E-state index contributed by atoms with van der Waals surface area (Å²) in [7, 11) is 0. The van der Waals surface area contributed by atoms with Crippen LogP contribution in [0.5, 0.6) is 0 Å². The third-order valence-corrected chi connectivity index (χ3v) is 9.91. The SMILES string of the molecule is CCC(=O)CC(=O)[C@@]1(OC(=O)CC)C(C)C[C@H]2[C@@H]3CCC4=CC(=O)C=C[C@]4(C)[C@@]3(F)[C@@H](O)C[C@@]21C. The van der Waals surface area contributed by atoms with Gasteiger partial charge in [-0.1, -0.05) is 39.3 Å². The van der Waals surface area contributed by atoms with E-state index in [1.54, 1.807) is 26.8 Å². The first-order chi connectivity index (χ1) is 16.3. The average molecular weight is 489 g/mol. The lowest BCUT2D eigenvalue weighted by Gasteiger charge is -2.62. The molecule has 7 heteroatoms. The molecule has 0 spiro atoms. The van der Waals surface area contributed by atoms with Crippen molar-refractivity contribution in [3.63, 3.8) is 0 Å². The zero-order chi connectivity index (χ0) is 26.0. The number of fused-ring (bicyclic) bond motifs is 5. The number of carbonyl (C=O) groups is 4. The smallest absolute Gasteiger partial charge is 0.306 e. The molecule has 3 saturated carbocycles. The highest BCUT2D eigenvalue weighted by Crippen LogP contribution is 2.71. The Morgan fingerprint density at radius 1 is 1.17 bits per heavy atom. The predicted molar refractivity (Wildman–Crippen MR) is 127 cm³/mol. The summed E-state index contributed by atoms with van der Waals surface area (Å²) in [4.78, 5) is 50.8. The van der Waals surface area contributed by atoms with Crippen molar-refractivity contribution >= 4 is 23.3 Å². The van der Waals surface area contributed by atoms with Gasteiger partial charge in [0.15, 0.2) is 22.8 Å². The molecule has 0 bridgehead atoms. The molecule has 4 aliphatic rings. The van der Waals surface area contributed by atoms with Crippen molar-refractivity contribution in [2.45, 2.75) is 96.9 Å². The molecule has 0 amide bonds. The molecule has 1 unspecified atom stereocenters. The first-order valence-electron chi connectivity index (χ1n) is 12.9. The van der Waals surface area contributed by atoms with Crippen LogP contribution in [-0.2, 0) is 23.9 Å². The van der Waals surface area contributed by atoms with Gasteiger partial charge < -0.3 is 9.84 Å². The van der Waals surface area contributed by atoms with Gasteiger partial charge in [-0.05, 0) is 50.7 Å². The van der Waals surface area contributed by atoms with E-state index in [1.807, 2.05) is 13.8 Å². The van der Waals surface area contributed by atoms with E-state index in [2.05, 4.69) is 0 Å². The molecule has 35 heavy (non-hydrogen) atoms. The first kappa shape index (κ1) is 25.9. The summed E-state index contributed by atoms with van der Waals surface area (Å²) in [6, 6.07) is 0. The Kier molecular flexibility index (Phi) is 6.27. The predicted octanol–water partition coefficient (Wildman–Crippen LogP) is 4.23. The van der Waals surface area contributed by atoms with Crippen molar-refractivity contribution in [3.05, 3.63) is 23.8 Å². The summed E-state index contributed by atoms with van der Waals surface area (Å²) in [6.45, 7) is 8.73. The second-order valence-corrected chi connectivity index (χ2v) is 11.5. The average Bonchev–Trinajstić information content (AvgIpc) is 3.02. The van der Waals surface area contributed by atoms with Crippen molar-refractivity contribution in [1.82, 2.24) is 0 Å². The number of hydrogen-bond acceptors (Lipinski definition) is 6. The highest BCUT2D eigenvalue weighted by molar-refractivity contribution is 6.04. The van der Waals surface area contributed by atoms with Crippen LogP contribution in [0.1, 0.15) is 79.6 Å². The van der Waals surface area contributed by atoms with Crippen LogP contribution in [0, 0.1) is 28.6 Å². The molecule has 0 aromatic carbocycles. The highest BCUT2D eigenvalue weighted by atomic mass is 19.1. The molecule has 4 aliphatic carbocycles. The van der Waals surface area contributed by atoms with Gasteiger partial charge in [0.2, 0.25) is 0 Å². The van der Waals surface area contributed by atoms with Crippen molar-refractivity contribution in [3.8, 4) is 0 Å². The number of aliphatic hydroxyl groups excluding tert-OH is 1. The standard InChI is InChI=1S/C28H37FO6/c1-6-18(30)14-22(32)28(35-24(34)7-2)16(3)12-21-20-9-8-17-13-19(31)10-11-25(17,4)27(20,29)23(33)15-26(21,28)5/h10-11,13,16,20-21,23,33H,6-9,12,14-15H2,1-5H3/t16?,20-,21-,23-,25-,26-,27-,28-/m0/s1. The monoisotopic (exact) mass is 488 g/mol. The number of allylic oxidation sites excluding steroid dienone is 4. The quantitative estimate of drug-likeness (QED) is 0.444. The molecular formula is C28H37FO6. The lowest BCUT2D eigenvalue weighted by molar-refractivity contribution is -0.227. The number of ketones is 3. The zero-order valence-corrected chi connectivity index (χ0v) is 21.4. The zero-order valence-electron chi connectivity index (χ0n) is 21.4. The minimum absolute atomic E-state index is 0.0638. The van der Waals surface area contributed by atoms with Gasteiger partial charge in [0, 0.05) is 35.5 Å². The lowest BCUT2D eigenvalue weighted by Crippen LogP contribution is -2.70. The summed E-state index contributed by atoms with van der Waals surface area (Å²) in [6.07, 6.45) is 4.21. The number of ether oxygens (including phenoxy) is 1. The van der Waals surface area contributed by atoms with Crippen LogP contribution >= 0.6 is 0 Å². The van der Waals surface area contributed by atoms with Crippen molar-refractivity contribution in [2.75, 3.05) is 0 Å². The van der Waals surface area contributed by atoms with Gasteiger partial charge in [0.05, 0.1) is 12.5 Å². The normalized spacial score (nSPS) is 44.1. The minimum Gasteiger partial charge on any atom is -0.450 e. The highest BCUT2D eigenvalue weighted by Gasteiger charge is 2.77. The number of Topliss-reactive ketones (excluding diaryl/α,β-unsaturated/α-hetero) is 2. The van der Waals surface area contributed by atoms with Gasteiger partial charge in [-0.2, -0.15) is 0 Å². The van der Waals surface area contributed by atoms with Crippen LogP contribution in [0.25, 0.3) is 0 Å². The number of rotatable bonds is 6. The fraction of sp³-hybridized carbons (Fsp3) is 0.714. The summed E-state index contributed by atoms with van der Waals surface area (Å²) in [5.41, 5.74) is -5.13. The second kappa shape index (κ2) is 8.46. The maximum atomic E-state index is 17.3. The fourth-order valence-corrected chi connectivity index (χ4v) is 8.09. The minimum atomic E-state index is -2.04. The van der Waals surface area contributed by atoms with Gasteiger partial charge in [0.25, 0.3) is 0 Å². The number of aliphatic hydroxyl groups is 1. The number of halogens is 1. The van der Waals surface area contributed by atoms with Crippen molar-refractivity contribution < 1.29 is 33.4 Å². The van der Waals surface area contributed by atoms with Crippen LogP contribution in [0.2, 0.25) is 0 Å². The Morgan fingerprint density at radius 3 is 2.49 bits per heavy atom. The van der Waals surface area contributed by atoms with Gasteiger partial charge in [-0.25, -0.2) is 4.39 Å². The van der Waals surface area contributed by atoms with Crippen LogP contribution in [0.15, 0.2) is 23.8 Å². The van der Waals surface area contributed by atoms with Gasteiger partial charge in [-0.3, -0.25) is 19.2 Å². The second-order valence-electron chi connectivity index (χ2n) is 11.5. The summed E-state index contributed by atoms with van der Waals surface area (Å²) in [5.74, 6) is -2.80. The molecule has 4 rings (SSSR count). The van der Waals surface area contributed by atoms with E-state index >= 15 is 4.39 Å². The molecule has 192 valence electrons. The van der Waals surface area contributed by atoms with Crippen LogP contribution in [-0.4, -0.2) is 45.8 Å². The maximum absolute atomic E-state index is 17.3. The molecule has 0 radical (unpaired) electrons. The lowest BCUT2D eigenvalue weighted by atomic mass is 9.44. The molecule has 0 saturated heterocycles. The molecular weight excluding hydrogens is 451 g/mol. The molecule has 0 heterocycles. The Morgan fingerprint density at radius 2 is 1.86 bits per heavy atom. The molecule has 3 fully saturated rings. The number of alkyl halides is 1. The number of carbonyl (C=O) groups excluding carboxylic acids is 4. The van der Waals surface area contributed by atoms with E-state index in [0.29, 0.717) is 24.8 Å². The molecule has 8 atom stereocenters. The van der Waals surface area contributed by atoms with Crippen molar-refractivity contribution in [2.24, 2.45) is 28.6 Å². The van der Waals surface area contributed by atoms with Gasteiger partial charge in [-0.15, -0.1) is 0 Å². The molecule has 0 aliphatic heterocycles. The van der Waals surface area contributed by atoms with E-state index in [9.17, 15) is 24.3 Å². The van der Waals surface area contributed by atoms with Crippen LogP contribution in [0.3, 0.4) is 0 Å². The van der Waals surface area contributed by atoms with E-state index in [4.69, 9.17) is 4.74 Å². The third-order valence-electron chi connectivity index (χ3n) is 9.91. The molecule has 0 aromatic heterocycles. The summed E-state index contributed by atoms with van der Waals surface area (Å²) < 4.78 is 23.3. The van der Waals surface area contributed by atoms with E-state index in [-0.39, 0.29) is 43.2 Å². The van der Waals surface area contributed by atoms with E-state index in [0.717, 1.165) is 0 Å². The Bertz CT molecular complexity index is 1030. The van der Waals surface area contributed by atoms with E-state index in [1.165, 1.54) is 12.2 Å². The van der Waals surface area contributed by atoms with E-state index < -0.39 is 51.8 Å². The number of hydrogen-bond donors (Lipinski definition) is 1. The van der Waals surface area contributed by atoms with Gasteiger partial charge in [0.1, 0.15) is 5.78 Å². The fourth-order valence-electron chi connectivity index (χ4n) is 8.09. The number of esters is 1. The summed E-state index contributed by atoms with van der Waals surface area (Å²) >= 11 is 0. The molecule has 0 aromatic rings.